The van der Waals surface area contributed by atoms with E-state index < -0.39 is 28.1 Å². The van der Waals surface area contributed by atoms with Crippen molar-refractivity contribution in [1.82, 2.24) is 14.6 Å². The third-order valence-corrected chi connectivity index (χ3v) is 6.07. The molecule has 11 nitrogen and oxygen atoms in total. The van der Waals surface area contributed by atoms with Gasteiger partial charge in [-0.25, -0.2) is 9.80 Å². The normalized spacial score (nSPS) is 19.1. The predicted octanol–water partition coefficient (Wildman–Crippen LogP) is 2.35. The molecule has 1 saturated carbocycles. The first-order valence-corrected chi connectivity index (χ1v) is 10.5. The van der Waals surface area contributed by atoms with Crippen molar-refractivity contribution in [1.29, 1.82) is 0 Å². The Morgan fingerprint density at radius 3 is 2.44 bits per heavy atom. The molecule has 1 amide bonds. The second-order valence-electron chi connectivity index (χ2n) is 8.10. The van der Waals surface area contributed by atoms with Gasteiger partial charge in [-0.05, 0) is 18.4 Å². The van der Waals surface area contributed by atoms with Crippen LogP contribution in [0.1, 0.15) is 68.7 Å². The fourth-order valence-corrected chi connectivity index (χ4v) is 4.51. The number of aromatic nitrogens is 2. The Labute approximate surface area is 182 Å². The van der Waals surface area contributed by atoms with Gasteiger partial charge >= 0.3 is 5.69 Å². The molecule has 11 heteroatoms. The maximum Gasteiger partial charge on any atom is 0.331 e. The summed E-state index contributed by atoms with van der Waals surface area (Å²) in [5.41, 5.74) is -0.891. The summed E-state index contributed by atoms with van der Waals surface area (Å²) in [7, 11) is 0. The van der Waals surface area contributed by atoms with Gasteiger partial charge in [0.05, 0.1) is 16.7 Å². The van der Waals surface area contributed by atoms with Crippen LogP contribution in [0, 0.1) is 10.1 Å². The standard InChI is InChI=1S/C21H23N5O6/c1-12(27)25-17(13-7-9-15(10-8-13)26(31)32)11-16(23-25)18-19(28)22-21(30)24(20(18)29)14-5-3-2-4-6-14/h7-10,14,17,29H,2-6,11H2,1H3,(H,22,28,30)/t17-/m0/s1. The van der Waals surface area contributed by atoms with Crippen LogP contribution in [-0.4, -0.2) is 36.2 Å². The quantitative estimate of drug-likeness (QED) is 0.549. The summed E-state index contributed by atoms with van der Waals surface area (Å²) in [6.45, 7) is 1.32. The smallest absolute Gasteiger partial charge is 0.331 e. The summed E-state index contributed by atoms with van der Waals surface area (Å²) >= 11 is 0. The number of carbonyl (C=O) groups is 1. The van der Waals surface area contributed by atoms with Gasteiger partial charge in [-0.15, -0.1) is 0 Å². The van der Waals surface area contributed by atoms with Gasteiger partial charge in [-0.2, -0.15) is 5.10 Å². The average Bonchev–Trinajstić information content (AvgIpc) is 3.19. The molecule has 1 atom stereocenters. The summed E-state index contributed by atoms with van der Waals surface area (Å²) < 4.78 is 1.22. The second kappa shape index (κ2) is 8.40. The zero-order chi connectivity index (χ0) is 23.0. The Morgan fingerprint density at radius 1 is 1.19 bits per heavy atom. The van der Waals surface area contributed by atoms with Gasteiger partial charge in [-0.3, -0.25) is 29.3 Å². The van der Waals surface area contributed by atoms with E-state index in [9.17, 15) is 29.6 Å². The van der Waals surface area contributed by atoms with Crippen molar-refractivity contribution in [2.45, 2.75) is 57.5 Å². The first-order chi connectivity index (χ1) is 15.3. The molecule has 1 aliphatic carbocycles. The van der Waals surface area contributed by atoms with Gasteiger partial charge in [-0.1, -0.05) is 31.4 Å². The first kappa shape index (κ1) is 21.5. The minimum Gasteiger partial charge on any atom is -0.494 e. The summed E-state index contributed by atoms with van der Waals surface area (Å²) in [5, 5.41) is 27.3. The van der Waals surface area contributed by atoms with E-state index in [4.69, 9.17) is 0 Å². The molecular formula is C21H23N5O6. The second-order valence-corrected chi connectivity index (χ2v) is 8.10. The molecule has 0 spiro atoms. The summed E-state index contributed by atoms with van der Waals surface area (Å²) in [5.74, 6) is -0.836. The molecule has 32 heavy (non-hydrogen) atoms. The van der Waals surface area contributed by atoms with Crippen LogP contribution < -0.4 is 11.2 Å². The molecule has 1 aromatic carbocycles. The van der Waals surface area contributed by atoms with Crippen LogP contribution in [0.2, 0.25) is 0 Å². The summed E-state index contributed by atoms with van der Waals surface area (Å²) in [4.78, 5) is 50.0. The number of aromatic hydroxyl groups is 1. The number of hydrogen-bond donors (Lipinski definition) is 2. The summed E-state index contributed by atoms with van der Waals surface area (Å²) in [6, 6.07) is 4.91. The van der Waals surface area contributed by atoms with Crippen LogP contribution in [-0.2, 0) is 4.79 Å². The third-order valence-electron chi connectivity index (χ3n) is 6.07. The van der Waals surface area contributed by atoms with Crippen LogP contribution in [0.15, 0.2) is 39.0 Å². The molecule has 4 rings (SSSR count). The number of hydrogen-bond acceptors (Lipinski definition) is 7. The number of nitro groups is 1. The van der Waals surface area contributed by atoms with Crippen LogP contribution in [0.3, 0.4) is 0 Å². The highest BCUT2D eigenvalue weighted by atomic mass is 16.6. The van der Waals surface area contributed by atoms with Gasteiger partial charge < -0.3 is 5.11 Å². The maximum absolute atomic E-state index is 12.6. The highest BCUT2D eigenvalue weighted by molar-refractivity contribution is 6.04. The van der Waals surface area contributed by atoms with Crippen LogP contribution >= 0.6 is 0 Å². The lowest BCUT2D eigenvalue weighted by atomic mass is 9.95. The van der Waals surface area contributed by atoms with E-state index in [1.165, 1.54) is 40.8 Å². The zero-order valence-corrected chi connectivity index (χ0v) is 17.5. The van der Waals surface area contributed by atoms with Crippen molar-refractivity contribution < 1.29 is 14.8 Å². The van der Waals surface area contributed by atoms with Crippen LogP contribution in [0.5, 0.6) is 5.88 Å². The minimum atomic E-state index is -0.772. The van der Waals surface area contributed by atoms with E-state index in [-0.39, 0.29) is 35.3 Å². The van der Waals surface area contributed by atoms with Gasteiger partial charge in [0.25, 0.3) is 11.2 Å². The third kappa shape index (κ3) is 3.81. The largest absolute Gasteiger partial charge is 0.494 e. The summed E-state index contributed by atoms with van der Waals surface area (Å²) in [6.07, 6.45) is 4.45. The molecule has 1 aliphatic heterocycles. The number of rotatable bonds is 4. The maximum atomic E-state index is 12.6. The van der Waals surface area contributed by atoms with E-state index in [2.05, 4.69) is 10.1 Å². The number of benzene rings is 1. The van der Waals surface area contributed by atoms with Crippen molar-refractivity contribution in [3.05, 3.63) is 66.3 Å². The van der Waals surface area contributed by atoms with E-state index in [0.717, 1.165) is 32.1 Å². The van der Waals surface area contributed by atoms with Crippen LogP contribution in [0.25, 0.3) is 0 Å². The molecule has 2 aromatic rings. The molecule has 0 radical (unpaired) electrons. The predicted molar refractivity (Wildman–Crippen MR) is 115 cm³/mol. The van der Waals surface area contributed by atoms with Gasteiger partial charge in [0.2, 0.25) is 11.8 Å². The van der Waals surface area contributed by atoms with Crippen molar-refractivity contribution in [3.8, 4) is 5.88 Å². The number of nitro benzene ring substituents is 1. The topological polar surface area (TPSA) is 151 Å². The van der Waals surface area contributed by atoms with Crippen molar-refractivity contribution in [3.63, 3.8) is 0 Å². The Bertz CT molecular complexity index is 1210. The monoisotopic (exact) mass is 441 g/mol. The number of hydrazone groups is 1. The number of aromatic amines is 1. The lowest BCUT2D eigenvalue weighted by molar-refractivity contribution is -0.384. The Balaban J connectivity index is 1.74. The van der Waals surface area contributed by atoms with Gasteiger partial charge in [0.1, 0.15) is 5.56 Å². The zero-order valence-electron chi connectivity index (χ0n) is 17.5. The molecular weight excluding hydrogens is 418 g/mol. The number of amides is 1. The van der Waals surface area contributed by atoms with E-state index >= 15 is 0 Å². The molecule has 0 unspecified atom stereocenters. The SMILES string of the molecule is CC(=O)N1N=C(c2c(O)n(C3CCCCC3)c(=O)[nH]c2=O)C[C@H]1c1ccc([N+](=O)[O-])cc1. The van der Waals surface area contributed by atoms with E-state index in [1.807, 2.05) is 0 Å². The lowest BCUT2D eigenvalue weighted by Crippen LogP contribution is -2.36. The Hall–Kier alpha value is -3.76. The molecule has 2 aliphatic rings. The molecule has 1 fully saturated rings. The minimum absolute atomic E-state index is 0.0871. The Morgan fingerprint density at radius 2 is 1.84 bits per heavy atom. The van der Waals surface area contributed by atoms with Gasteiger partial charge in [0, 0.05) is 31.5 Å². The van der Waals surface area contributed by atoms with Crippen molar-refractivity contribution >= 4 is 17.3 Å². The lowest BCUT2D eigenvalue weighted by Gasteiger charge is -2.25. The highest BCUT2D eigenvalue weighted by Crippen LogP contribution is 2.35. The Kier molecular flexibility index (Phi) is 5.64. The molecule has 0 saturated heterocycles. The molecule has 168 valence electrons. The number of nitrogens with one attached hydrogen (secondary N) is 1. The first-order valence-electron chi connectivity index (χ1n) is 10.5. The van der Waals surface area contributed by atoms with Gasteiger partial charge in [0.15, 0.2) is 0 Å². The number of carbonyl (C=O) groups excluding carboxylic acids is 1. The van der Waals surface area contributed by atoms with E-state index in [1.54, 1.807) is 0 Å². The molecule has 1 aromatic heterocycles. The highest BCUT2D eigenvalue weighted by Gasteiger charge is 2.35. The molecule has 2 N–H and O–H groups in total. The molecule has 2 heterocycles. The van der Waals surface area contributed by atoms with Crippen LogP contribution in [0.4, 0.5) is 5.69 Å². The van der Waals surface area contributed by atoms with Crippen molar-refractivity contribution in [2.75, 3.05) is 0 Å². The number of nitrogens with zero attached hydrogens (tertiary/aromatic N) is 4. The van der Waals surface area contributed by atoms with E-state index in [0.29, 0.717) is 5.56 Å². The fraction of sp³-hybridized carbons (Fsp3) is 0.429. The molecule has 0 bridgehead atoms. The average molecular weight is 441 g/mol. The van der Waals surface area contributed by atoms with Crippen molar-refractivity contribution in [2.24, 2.45) is 5.10 Å². The number of H-pyrrole nitrogens is 1. The fourth-order valence-electron chi connectivity index (χ4n) is 4.51. The number of non-ortho nitro benzene ring substituents is 1.